The van der Waals surface area contributed by atoms with Crippen LogP contribution in [0.4, 0.5) is 10.8 Å². The average molecular weight is 456 g/mol. The number of thiazole rings is 1. The first-order valence-corrected chi connectivity index (χ1v) is 11.6. The van der Waals surface area contributed by atoms with E-state index in [0.717, 1.165) is 15.8 Å². The highest BCUT2D eigenvalue weighted by molar-refractivity contribution is 7.22. The zero-order chi connectivity index (χ0) is 22.8. The van der Waals surface area contributed by atoms with Crippen LogP contribution in [0.25, 0.3) is 10.2 Å². The summed E-state index contributed by atoms with van der Waals surface area (Å²) in [5.41, 5.74) is 2.97. The minimum Gasteiger partial charge on any atom is -0.284 e. The monoisotopic (exact) mass is 455 g/mol. The van der Waals surface area contributed by atoms with Gasteiger partial charge in [-0.1, -0.05) is 53.8 Å². The normalized spacial score (nSPS) is 13.6. The third-order valence-corrected chi connectivity index (χ3v) is 6.71. The van der Waals surface area contributed by atoms with E-state index in [0.29, 0.717) is 29.3 Å². The van der Waals surface area contributed by atoms with Gasteiger partial charge >= 0.3 is 0 Å². The topological polar surface area (TPSA) is 70.6 Å². The summed E-state index contributed by atoms with van der Waals surface area (Å²) in [5.74, 6) is -0.591. The second-order valence-electron chi connectivity index (χ2n) is 7.83. The molecule has 3 aromatic carbocycles. The van der Waals surface area contributed by atoms with Crippen LogP contribution in [0, 0.1) is 0 Å². The summed E-state index contributed by atoms with van der Waals surface area (Å²) in [7, 11) is 0. The Labute approximate surface area is 195 Å². The Bertz CT molecular complexity index is 1280. The fourth-order valence-electron chi connectivity index (χ4n) is 3.92. The fourth-order valence-corrected chi connectivity index (χ4v) is 4.91. The van der Waals surface area contributed by atoms with Crippen molar-refractivity contribution in [3.05, 3.63) is 90.0 Å². The lowest BCUT2D eigenvalue weighted by Crippen LogP contribution is -2.33. The summed E-state index contributed by atoms with van der Waals surface area (Å²) < 4.78 is 1.02. The Morgan fingerprint density at radius 2 is 1.55 bits per heavy atom. The highest BCUT2D eigenvalue weighted by Gasteiger charge is 2.30. The van der Waals surface area contributed by atoms with Crippen molar-refractivity contribution in [3.8, 4) is 0 Å². The molecule has 0 radical (unpaired) electrons. The molecule has 0 spiro atoms. The number of anilines is 2. The molecular formula is C26H21N3O3S. The number of hydrogen-bond acceptors (Lipinski definition) is 5. The quantitative estimate of drug-likeness (QED) is 0.390. The van der Waals surface area contributed by atoms with E-state index >= 15 is 0 Å². The molecule has 164 valence electrons. The Hall–Kier alpha value is -3.84. The molecule has 1 aliphatic heterocycles. The predicted molar refractivity (Wildman–Crippen MR) is 130 cm³/mol. The van der Waals surface area contributed by atoms with E-state index in [1.165, 1.54) is 16.2 Å². The van der Waals surface area contributed by atoms with Gasteiger partial charge in [0.2, 0.25) is 11.8 Å². The van der Waals surface area contributed by atoms with Crippen LogP contribution < -0.4 is 9.80 Å². The van der Waals surface area contributed by atoms with Gasteiger partial charge in [0.25, 0.3) is 5.91 Å². The number of amides is 3. The van der Waals surface area contributed by atoms with Crippen molar-refractivity contribution < 1.29 is 14.4 Å². The van der Waals surface area contributed by atoms with Gasteiger partial charge in [0.05, 0.1) is 15.9 Å². The van der Waals surface area contributed by atoms with Gasteiger partial charge in [-0.05, 0) is 48.4 Å². The molecule has 5 rings (SSSR count). The second-order valence-corrected chi connectivity index (χ2v) is 8.84. The molecule has 0 aliphatic carbocycles. The second kappa shape index (κ2) is 8.96. The molecule has 4 aromatic rings. The van der Waals surface area contributed by atoms with Gasteiger partial charge < -0.3 is 0 Å². The molecule has 2 heterocycles. The van der Waals surface area contributed by atoms with Crippen LogP contribution in [-0.4, -0.2) is 29.3 Å². The maximum atomic E-state index is 13.5. The van der Waals surface area contributed by atoms with Crippen molar-refractivity contribution in [2.75, 3.05) is 16.3 Å². The van der Waals surface area contributed by atoms with E-state index in [-0.39, 0.29) is 30.6 Å². The number of carbonyl (C=O) groups is 3. The van der Waals surface area contributed by atoms with Crippen LogP contribution in [0.5, 0.6) is 0 Å². The molecule has 7 heteroatoms. The number of para-hydroxylation sites is 1. The van der Waals surface area contributed by atoms with Gasteiger partial charge in [-0.25, -0.2) is 4.98 Å². The van der Waals surface area contributed by atoms with Crippen molar-refractivity contribution in [2.45, 2.75) is 19.3 Å². The maximum Gasteiger partial charge on any atom is 0.260 e. The largest absolute Gasteiger partial charge is 0.284 e. The number of rotatable bonds is 6. The van der Waals surface area contributed by atoms with Crippen LogP contribution in [0.15, 0.2) is 78.9 Å². The molecule has 0 N–H and O–H groups in total. The Morgan fingerprint density at radius 1 is 0.879 bits per heavy atom. The van der Waals surface area contributed by atoms with E-state index in [1.807, 2.05) is 54.6 Å². The van der Waals surface area contributed by atoms with Crippen molar-refractivity contribution in [1.29, 1.82) is 0 Å². The fraction of sp³-hybridized carbons (Fsp3) is 0.154. The average Bonchev–Trinajstić information content (AvgIpc) is 3.42. The van der Waals surface area contributed by atoms with Crippen molar-refractivity contribution in [2.24, 2.45) is 0 Å². The number of nitrogens with zero attached hydrogens (tertiary/aromatic N) is 3. The molecule has 0 bridgehead atoms. The third kappa shape index (κ3) is 4.27. The first kappa shape index (κ1) is 21.0. The standard InChI is InChI=1S/C26H21N3O3S/c30-23-14-15-24(31)29(23)20-12-10-19(11-13-20)25(32)28(17-16-18-6-2-1-3-7-18)26-27-21-8-4-5-9-22(21)33-26/h1-13H,14-17H2. The first-order valence-electron chi connectivity index (χ1n) is 10.8. The molecular weight excluding hydrogens is 434 g/mol. The van der Waals surface area contributed by atoms with Crippen molar-refractivity contribution >= 4 is 50.1 Å². The highest BCUT2D eigenvalue weighted by Crippen LogP contribution is 2.30. The van der Waals surface area contributed by atoms with Gasteiger partial charge in [0.1, 0.15) is 0 Å². The van der Waals surface area contributed by atoms with Gasteiger partial charge in [-0.15, -0.1) is 0 Å². The minimum absolute atomic E-state index is 0.171. The van der Waals surface area contributed by atoms with Gasteiger partial charge in [0.15, 0.2) is 5.13 Å². The summed E-state index contributed by atoms with van der Waals surface area (Å²) in [6, 6.07) is 24.5. The molecule has 6 nitrogen and oxygen atoms in total. The lowest BCUT2D eigenvalue weighted by atomic mass is 10.1. The van der Waals surface area contributed by atoms with E-state index in [1.54, 1.807) is 29.2 Å². The molecule has 1 saturated heterocycles. The van der Waals surface area contributed by atoms with Gasteiger partial charge in [-0.2, -0.15) is 0 Å². The molecule has 1 aromatic heterocycles. The van der Waals surface area contributed by atoms with Crippen LogP contribution in [0.1, 0.15) is 28.8 Å². The summed E-state index contributed by atoms with van der Waals surface area (Å²) in [6.45, 7) is 0.480. The van der Waals surface area contributed by atoms with E-state index in [9.17, 15) is 14.4 Å². The lowest BCUT2D eigenvalue weighted by Gasteiger charge is -2.21. The molecule has 33 heavy (non-hydrogen) atoms. The summed E-state index contributed by atoms with van der Waals surface area (Å²) >= 11 is 1.48. The van der Waals surface area contributed by atoms with Gasteiger partial charge in [-0.3, -0.25) is 24.2 Å². The molecule has 1 fully saturated rings. The Kier molecular flexibility index (Phi) is 5.71. The summed E-state index contributed by atoms with van der Waals surface area (Å²) in [5, 5.41) is 0.645. The van der Waals surface area contributed by atoms with Crippen LogP contribution >= 0.6 is 11.3 Å². The smallest absolute Gasteiger partial charge is 0.260 e. The molecule has 1 aliphatic rings. The van der Waals surface area contributed by atoms with Crippen molar-refractivity contribution in [1.82, 2.24) is 4.98 Å². The SMILES string of the molecule is O=C(c1ccc(N2C(=O)CCC2=O)cc1)N(CCc1ccccc1)c1nc2ccccc2s1. The molecule has 0 unspecified atom stereocenters. The Morgan fingerprint density at radius 3 is 2.24 bits per heavy atom. The maximum absolute atomic E-state index is 13.5. The number of benzene rings is 3. The molecule has 3 amide bonds. The van der Waals surface area contributed by atoms with Gasteiger partial charge in [0, 0.05) is 24.9 Å². The zero-order valence-corrected chi connectivity index (χ0v) is 18.6. The third-order valence-electron chi connectivity index (χ3n) is 5.65. The molecule has 0 atom stereocenters. The zero-order valence-electron chi connectivity index (χ0n) is 17.8. The predicted octanol–water partition coefficient (Wildman–Crippen LogP) is 4.84. The number of aromatic nitrogens is 1. The summed E-state index contributed by atoms with van der Waals surface area (Å²) in [4.78, 5) is 45.2. The van der Waals surface area contributed by atoms with E-state index in [4.69, 9.17) is 4.98 Å². The number of hydrogen-bond donors (Lipinski definition) is 0. The van der Waals surface area contributed by atoms with Crippen LogP contribution in [0.2, 0.25) is 0 Å². The Balaban J connectivity index is 1.44. The van der Waals surface area contributed by atoms with Crippen LogP contribution in [0.3, 0.4) is 0 Å². The molecule has 0 saturated carbocycles. The minimum atomic E-state index is -0.210. The lowest BCUT2D eigenvalue weighted by molar-refractivity contribution is -0.121. The number of fused-ring (bicyclic) bond motifs is 1. The van der Waals surface area contributed by atoms with Crippen molar-refractivity contribution in [3.63, 3.8) is 0 Å². The highest BCUT2D eigenvalue weighted by atomic mass is 32.1. The van der Waals surface area contributed by atoms with Crippen LogP contribution in [-0.2, 0) is 16.0 Å². The first-order chi connectivity index (χ1) is 16.1. The van der Waals surface area contributed by atoms with E-state index < -0.39 is 0 Å². The number of carbonyl (C=O) groups excluding carboxylic acids is 3. The summed E-state index contributed by atoms with van der Waals surface area (Å²) in [6.07, 6.45) is 1.14. The van der Waals surface area contributed by atoms with E-state index in [2.05, 4.69) is 0 Å². The number of imide groups is 1.